The van der Waals surface area contributed by atoms with Crippen molar-refractivity contribution in [3.8, 4) is 11.5 Å². The Morgan fingerprint density at radius 2 is 1.33 bits per heavy atom. The normalized spacial score (nSPS) is 25.3. The molecule has 0 aromatic heterocycles. The fourth-order valence-electron chi connectivity index (χ4n) is 3.22. The number of rotatable bonds is 6. The molecule has 2 aromatic carbocycles. The van der Waals surface area contributed by atoms with Gasteiger partial charge < -0.3 is 23.4 Å². The summed E-state index contributed by atoms with van der Waals surface area (Å²) < 4.78 is 29.4. The van der Waals surface area contributed by atoms with Crippen molar-refractivity contribution in [2.75, 3.05) is 39.5 Å². The van der Waals surface area contributed by atoms with E-state index in [1.165, 1.54) is 0 Å². The summed E-state index contributed by atoms with van der Waals surface area (Å²) in [4.78, 5) is 2.29. The maximum Gasteiger partial charge on any atom is 0.640 e. The summed E-state index contributed by atoms with van der Waals surface area (Å²) in [7, 11) is -0.693. The summed E-state index contributed by atoms with van der Waals surface area (Å²) in [5, 5.41) is 0. The molecule has 3 aliphatic heterocycles. The first kappa shape index (κ1) is 18.3. The molecule has 6 nitrogen and oxygen atoms in total. The molecule has 27 heavy (non-hydrogen) atoms. The van der Waals surface area contributed by atoms with Gasteiger partial charge in [0.05, 0.1) is 12.2 Å². The van der Waals surface area contributed by atoms with Crippen molar-refractivity contribution < 1.29 is 23.4 Å². The minimum absolute atomic E-state index is 0.119. The van der Waals surface area contributed by atoms with Crippen molar-refractivity contribution in [1.82, 2.24) is 4.90 Å². The minimum Gasteiger partial charge on any atom is -0.491 e. The van der Waals surface area contributed by atoms with Gasteiger partial charge in [0.15, 0.2) is 0 Å². The van der Waals surface area contributed by atoms with Gasteiger partial charge in [0.25, 0.3) is 0 Å². The number of benzene rings is 2. The summed E-state index contributed by atoms with van der Waals surface area (Å²) >= 11 is 0. The third kappa shape index (κ3) is 5.46. The number of ether oxygens (including phenoxy) is 2. The van der Waals surface area contributed by atoms with Crippen LogP contribution in [0.5, 0.6) is 11.5 Å². The first-order valence-corrected chi connectivity index (χ1v) is 9.36. The molecule has 0 radical (unpaired) electrons. The Balaban J connectivity index is 1.33. The third-order valence-corrected chi connectivity index (χ3v) is 4.55. The van der Waals surface area contributed by atoms with E-state index < -0.39 is 7.32 Å². The van der Waals surface area contributed by atoms with Crippen LogP contribution in [-0.2, 0) is 14.0 Å². The van der Waals surface area contributed by atoms with Crippen LogP contribution >= 0.6 is 0 Å². The van der Waals surface area contributed by atoms with Gasteiger partial charge in [0.2, 0.25) is 0 Å². The van der Waals surface area contributed by atoms with E-state index in [0.29, 0.717) is 19.8 Å². The highest BCUT2D eigenvalue weighted by Crippen LogP contribution is 2.17. The fourth-order valence-corrected chi connectivity index (χ4v) is 3.22. The van der Waals surface area contributed by atoms with Crippen molar-refractivity contribution in [2.45, 2.75) is 12.2 Å². The second kappa shape index (κ2) is 9.24. The molecule has 142 valence electrons. The summed E-state index contributed by atoms with van der Waals surface area (Å²) in [6.07, 6.45) is -0.238. The van der Waals surface area contributed by atoms with E-state index >= 15 is 0 Å². The van der Waals surface area contributed by atoms with Crippen LogP contribution in [0.3, 0.4) is 0 Å². The van der Waals surface area contributed by atoms with E-state index in [0.717, 1.165) is 31.1 Å². The van der Waals surface area contributed by atoms with E-state index in [4.69, 9.17) is 23.4 Å². The zero-order valence-corrected chi connectivity index (χ0v) is 15.2. The topological polar surface area (TPSA) is 49.4 Å². The summed E-state index contributed by atoms with van der Waals surface area (Å²) in [6, 6.07) is 19.5. The van der Waals surface area contributed by atoms with Crippen molar-refractivity contribution >= 4 is 7.32 Å². The maximum absolute atomic E-state index is 6.00. The zero-order valence-electron chi connectivity index (χ0n) is 15.2. The number of hydrogen-bond acceptors (Lipinski definition) is 6. The standard InChI is InChI=1S/C20H24BNO5/c1-3-7-17(8-4-1)23-15-19-13-22-11-12-25-21(26-19)27-20(14-22)16-24-18-9-5-2-6-10-18/h1-10,19-20H,11-16H2. The number of nitrogens with zero attached hydrogens (tertiary/aromatic N) is 1. The highest BCUT2D eigenvalue weighted by atomic mass is 16.7. The lowest BCUT2D eigenvalue weighted by Gasteiger charge is -2.38. The Labute approximate surface area is 160 Å². The fraction of sp³-hybridized carbons (Fsp3) is 0.400. The van der Waals surface area contributed by atoms with E-state index in [9.17, 15) is 0 Å². The summed E-state index contributed by atoms with van der Waals surface area (Å²) in [5.41, 5.74) is 0. The first-order valence-electron chi connectivity index (χ1n) is 9.36. The van der Waals surface area contributed by atoms with E-state index in [-0.39, 0.29) is 12.2 Å². The van der Waals surface area contributed by atoms with Crippen LogP contribution < -0.4 is 9.47 Å². The molecule has 2 atom stereocenters. The van der Waals surface area contributed by atoms with E-state index in [1.54, 1.807) is 0 Å². The molecule has 3 saturated heterocycles. The lowest BCUT2D eigenvalue weighted by molar-refractivity contribution is -0.0650. The Morgan fingerprint density at radius 1 is 0.815 bits per heavy atom. The molecule has 0 N–H and O–H groups in total. The van der Waals surface area contributed by atoms with E-state index in [2.05, 4.69) is 4.90 Å². The molecule has 5 rings (SSSR count). The van der Waals surface area contributed by atoms with Gasteiger partial charge >= 0.3 is 7.32 Å². The van der Waals surface area contributed by atoms with Crippen molar-refractivity contribution in [1.29, 1.82) is 0 Å². The zero-order chi connectivity index (χ0) is 18.3. The van der Waals surface area contributed by atoms with Crippen molar-refractivity contribution in [3.63, 3.8) is 0 Å². The van der Waals surface area contributed by atoms with Gasteiger partial charge in [-0.05, 0) is 24.3 Å². The number of para-hydroxylation sites is 2. The largest absolute Gasteiger partial charge is 0.640 e. The molecule has 0 spiro atoms. The molecule has 2 aromatic rings. The molecule has 3 aliphatic rings. The predicted octanol–water partition coefficient (Wildman–Crippen LogP) is 2.25. The van der Waals surface area contributed by atoms with Crippen LogP contribution in [0.25, 0.3) is 0 Å². The molecule has 3 fully saturated rings. The molecule has 2 bridgehead atoms. The molecule has 3 heterocycles. The Morgan fingerprint density at radius 3 is 1.85 bits per heavy atom. The summed E-state index contributed by atoms with van der Waals surface area (Å²) in [5.74, 6) is 1.67. The Bertz CT molecular complexity index is 618. The van der Waals surface area contributed by atoms with Gasteiger partial charge in [0, 0.05) is 26.2 Å². The second-order valence-corrected chi connectivity index (χ2v) is 6.68. The average Bonchev–Trinajstić information content (AvgIpc) is 2.66. The molecule has 0 saturated carbocycles. The predicted molar refractivity (Wildman–Crippen MR) is 102 cm³/mol. The van der Waals surface area contributed by atoms with Crippen LogP contribution in [0.1, 0.15) is 0 Å². The smallest absolute Gasteiger partial charge is 0.491 e. The first-order chi connectivity index (χ1) is 13.3. The van der Waals surface area contributed by atoms with Gasteiger partial charge in [-0.25, -0.2) is 0 Å². The van der Waals surface area contributed by atoms with Crippen molar-refractivity contribution in [3.05, 3.63) is 60.7 Å². The molecule has 0 aliphatic carbocycles. The van der Waals surface area contributed by atoms with E-state index in [1.807, 2.05) is 60.7 Å². The monoisotopic (exact) mass is 369 g/mol. The molecular weight excluding hydrogens is 345 g/mol. The third-order valence-electron chi connectivity index (χ3n) is 4.55. The summed E-state index contributed by atoms with van der Waals surface area (Å²) in [6.45, 7) is 3.88. The highest BCUT2D eigenvalue weighted by molar-refractivity contribution is 6.36. The molecule has 7 heteroatoms. The molecule has 0 amide bonds. The van der Waals surface area contributed by atoms with Crippen LogP contribution in [0.2, 0.25) is 0 Å². The van der Waals surface area contributed by atoms with Crippen LogP contribution in [0.15, 0.2) is 60.7 Å². The Kier molecular flexibility index (Phi) is 6.26. The maximum atomic E-state index is 6.00. The second-order valence-electron chi connectivity index (χ2n) is 6.68. The van der Waals surface area contributed by atoms with Gasteiger partial charge in [-0.15, -0.1) is 0 Å². The van der Waals surface area contributed by atoms with Crippen LogP contribution in [-0.4, -0.2) is 63.9 Å². The highest BCUT2D eigenvalue weighted by Gasteiger charge is 2.37. The molecular formula is C20H24BNO5. The number of hydrogen-bond donors (Lipinski definition) is 0. The lowest BCUT2D eigenvalue weighted by atomic mass is 10.1. The quantitative estimate of drug-likeness (QED) is 0.728. The van der Waals surface area contributed by atoms with Gasteiger partial charge in [-0.3, -0.25) is 4.90 Å². The SMILES string of the molecule is c1ccc(OCC2CN3CCOB(O2)OC(COc2ccccc2)C3)cc1. The minimum atomic E-state index is -0.693. The lowest BCUT2D eigenvalue weighted by Crippen LogP contribution is -2.55. The van der Waals surface area contributed by atoms with Gasteiger partial charge in [0.1, 0.15) is 24.7 Å². The van der Waals surface area contributed by atoms with Gasteiger partial charge in [-0.2, -0.15) is 0 Å². The van der Waals surface area contributed by atoms with Crippen LogP contribution in [0.4, 0.5) is 0 Å². The Hall–Kier alpha value is -2.06. The van der Waals surface area contributed by atoms with Crippen molar-refractivity contribution in [2.24, 2.45) is 0 Å². The number of fused-ring (bicyclic) bond motifs is 6. The average molecular weight is 369 g/mol. The molecule has 2 unspecified atom stereocenters. The van der Waals surface area contributed by atoms with Crippen LogP contribution in [0, 0.1) is 0 Å². The van der Waals surface area contributed by atoms with Gasteiger partial charge in [-0.1, -0.05) is 36.4 Å².